The number of rotatable bonds is 5. The van der Waals surface area contributed by atoms with Gasteiger partial charge in [-0.05, 0) is 17.5 Å². The lowest BCUT2D eigenvalue weighted by Crippen LogP contribution is -2.13. The minimum Gasteiger partial charge on any atom is -0.507 e. The van der Waals surface area contributed by atoms with Gasteiger partial charge in [-0.15, -0.1) is 0 Å². The molecule has 0 amide bonds. The number of ether oxygens (including phenoxy) is 1. The van der Waals surface area contributed by atoms with Gasteiger partial charge in [-0.25, -0.2) is 4.79 Å². The fourth-order valence-electron chi connectivity index (χ4n) is 1.99. The maximum absolute atomic E-state index is 11.4. The molecule has 0 fully saturated rings. The van der Waals surface area contributed by atoms with Crippen LogP contribution in [0.15, 0.2) is 60.7 Å². The highest BCUT2D eigenvalue weighted by atomic mass is 16.5. The van der Waals surface area contributed by atoms with E-state index in [-0.39, 0.29) is 5.76 Å². The molecule has 0 aliphatic carbocycles. The minimum atomic E-state index is -1.01. The Morgan fingerprint density at radius 1 is 1.00 bits per heavy atom. The van der Waals surface area contributed by atoms with Crippen LogP contribution in [-0.2, 0) is 20.7 Å². The van der Waals surface area contributed by atoms with Gasteiger partial charge in [0.15, 0.2) is 0 Å². The lowest BCUT2D eigenvalue weighted by atomic mass is 10.0. The second kappa shape index (κ2) is 7.22. The second-order valence-corrected chi connectivity index (χ2v) is 4.74. The summed E-state index contributed by atoms with van der Waals surface area (Å²) in [6.45, 7) is 0. The van der Waals surface area contributed by atoms with Crippen molar-refractivity contribution in [3.63, 3.8) is 0 Å². The number of methoxy groups -OCH3 is 1. The lowest BCUT2D eigenvalue weighted by Gasteiger charge is -2.04. The van der Waals surface area contributed by atoms with Gasteiger partial charge in [-0.3, -0.25) is 4.79 Å². The molecule has 0 atom stereocenters. The van der Waals surface area contributed by atoms with E-state index >= 15 is 0 Å². The van der Waals surface area contributed by atoms with Crippen molar-refractivity contribution in [3.8, 4) is 0 Å². The van der Waals surface area contributed by atoms with Crippen molar-refractivity contribution < 1.29 is 19.4 Å². The van der Waals surface area contributed by atoms with E-state index in [1.54, 1.807) is 12.1 Å². The number of benzene rings is 2. The third kappa shape index (κ3) is 4.06. The summed E-state index contributed by atoms with van der Waals surface area (Å²) in [5, 5.41) is 9.85. The molecule has 0 aromatic heterocycles. The van der Waals surface area contributed by atoms with Crippen LogP contribution in [0.5, 0.6) is 0 Å². The first-order chi connectivity index (χ1) is 10.6. The molecule has 2 aromatic rings. The average Bonchev–Trinajstić information content (AvgIpc) is 2.55. The summed E-state index contributed by atoms with van der Waals surface area (Å²) in [5.41, 5.74) is 2.74. The first-order valence-electron chi connectivity index (χ1n) is 6.76. The highest BCUT2D eigenvalue weighted by Gasteiger charge is 2.12. The van der Waals surface area contributed by atoms with Gasteiger partial charge in [0.1, 0.15) is 5.76 Å². The number of carbonyl (C=O) groups excluding carboxylic acids is 2. The summed E-state index contributed by atoms with van der Waals surface area (Å²) in [7, 11) is 1.11. The molecule has 1 N–H and O–H groups in total. The van der Waals surface area contributed by atoms with Crippen molar-refractivity contribution in [1.82, 2.24) is 0 Å². The summed E-state index contributed by atoms with van der Waals surface area (Å²) >= 11 is 0. The molecule has 0 saturated heterocycles. The molecule has 0 unspecified atom stereocenters. The molecule has 4 nitrogen and oxygen atoms in total. The van der Waals surface area contributed by atoms with Crippen molar-refractivity contribution in [1.29, 1.82) is 0 Å². The lowest BCUT2D eigenvalue weighted by molar-refractivity contribution is -0.149. The highest BCUT2D eigenvalue weighted by Crippen LogP contribution is 2.15. The van der Waals surface area contributed by atoms with E-state index in [0.717, 1.165) is 25.2 Å². The Bertz CT molecular complexity index is 685. The zero-order valence-electron chi connectivity index (χ0n) is 12.2. The molecule has 0 aliphatic rings. The van der Waals surface area contributed by atoms with Gasteiger partial charge in [0.05, 0.1) is 7.11 Å². The standard InChI is InChI=1S/C18H16O4/c1-22-18(21)17(20)12-16(19)15-9-7-14(8-10-15)11-13-5-3-2-4-6-13/h2-10,12,19H,11H2,1H3. The predicted molar refractivity (Wildman–Crippen MR) is 83.3 cm³/mol. The van der Waals surface area contributed by atoms with E-state index in [1.807, 2.05) is 42.5 Å². The summed E-state index contributed by atoms with van der Waals surface area (Å²) in [5.74, 6) is -2.16. The molecule has 0 heterocycles. The smallest absolute Gasteiger partial charge is 0.378 e. The van der Waals surface area contributed by atoms with Gasteiger partial charge in [0.25, 0.3) is 5.78 Å². The summed E-state index contributed by atoms with van der Waals surface area (Å²) < 4.78 is 4.29. The van der Waals surface area contributed by atoms with Crippen LogP contribution in [0.2, 0.25) is 0 Å². The quantitative estimate of drug-likeness (QED) is 0.399. The summed E-state index contributed by atoms with van der Waals surface area (Å²) in [6.07, 6.45) is 1.64. The molecule has 0 radical (unpaired) electrons. The monoisotopic (exact) mass is 296 g/mol. The maximum Gasteiger partial charge on any atom is 0.378 e. The number of aliphatic hydroxyl groups is 1. The first kappa shape index (κ1) is 15.5. The molecule has 0 spiro atoms. The van der Waals surface area contributed by atoms with Gasteiger partial charge in [0.2, 0.25) is 0 Å². The van der Waals surface area contributed by atoms with Gasteiger partial charge >= 0.3 is 5.97 Å². The maximum atomic E-state index is 11.4. The number of esters is 1. The zero-order valence-corrected chi connectivity index (χ0v) is 12.2. The topological polar surface area (TPSA) is 63.6 Å². The SMILES string of the molecule is COC(=O)C(=O)C=C(O)c1ccc(Cc2ccccc2)cc1. The summed E-state index contributed by atoms with van der Waals surface area (Å²) in [4.78, 5) is 22.4. The van der Waals surface area contributed by atoms with Crippen molar-refractivity contribution in [3.05, 3.63) is 77.4 Å². The number of carbonyl (C=O) groups is 2. The third-order valence-electron chi connectivity index (χ3n) is 3.16. The van der Waals surface area contributed by atoms with Crippen LogP contribution in [0.3, 0.4) is 0 Å². The molecular formula is C18H16O4. The average molecular weight is 296 g/mol. The third-order valence-corrected chi connectivity index (χ3v) is 3.16. The van der Waals surface area contributed by atoms with Gasteiger partial charge in [-0.2, -0.15) is 0 Å². The molecule has 112 valence electrons. The molecular weight excluding hydrogens is 280 g/mol. The zero-order chi connectivity index (χ0) is 15.9. The number of hydrogen-bond donors (Lipinski definition) is 1. The number of aliphatic hydroxyl groups excluding tert-OH is 1. The van der Waals surface area contributed by atoms with E-state index in [1.165, 1.54) is 5.56 Å². The minimum absolute atomic E-state index is 0.262. The van der Waals surface area contributed by atoms with Gasteiger partial charge in [0, 0.05) is 11.6 Å². The highest BCUT2D eigenvalue weighted by molar-refractivity contribution is 6.39. The van der Waals surface area contributed by atoms with Crippen LogP contribution in [0, 0.1) is 0 Å². The Labute approximate surface area is 128 Å². The number of hydrogen-bond acceptors (Lipinski definition) is 4. The Hall–Kier alpha value is -2.88. The van der Waals surface area contributed by atoms with E-state index in [2.05, 4.69) is 4.74 Å². The van der Waals surface area contributed by atoms with Crippen LogP contribution in [0.1, 0.15) is 16.7 Å². The second-order valence-electron chi connectivity index (χ2n) is 4.74. The van der Waals surface area contributed by atoms with Crippen LogP contribution in [0.4, 0.5) is 0 Å². The molecule has 0 bridgehead atoms. The van der Waals surface area contributed by atoms with Crippen LogP contribution in [0.25, 0.3) is 5.76 Å². The van der Waals surface area contributed by atoms with Crippen molar-refractivity contribution in [2.45, 2.75) is 6.42 Å². The molecule has 0 saturated carbocycles. The fraction of sp³-hybridized carbons (Fsp3) is 0.111. The van der Waals surface area contributed by atoms with Crippen molar-refractivity contribution >= 4 is 17.5 Å². The first-order valence-corrected chi connectivity index (χ1v) is 6.76. The van der Waals surface area contributed by atoms with Crippen molar-refractivity contribution in [2.75, 3.05) is 7.11 Å². The Kier molecular flexibility index (Phi) is 5.09. The van der Waals surface area contributed by atoms with E-state index in [9.17, 15) is 14.7 Å². The predicted octanol–water partition coefficient (Wildman–Crippen LogP) is 2.92. The fourth-order valence-corrected chi connectivity index (χ4v) is 1.99. The summed E-state index contributed by atoms with van der Waals surface area (Å²) in [6, 6.07) is 17.2. The molecule has 0 aliphatic heterocycles. The Morgan fingerprint density at radius 3 is 2.18 bits per heavy atom. The van der Waals surface area contributed by atoms with E-state index in [0.29, 0.717) is 5.56 Å². The molecule has 22 heavy (non-hydrogen) atoms. The van der Waals surface area contributed by atoms with Crippen LogP contribution in [-0.4, -0.2) is 24.0 Å². The van der Waals surface area contributed by atoms with Crippen LogP contribution < -0.4 is 0 Å². The Balaban J connectivity index is 2.10. The molecule has 2 aromatic carbocycles. The largest absolute Gasteiger partial charge is 0.507 e. The number of ketones is 1. The van der Waals surface area contributed by atoms with Gasteiger partial charge < -0.3 is 9.84 Å². The van der Waals surface area contributed by atoms with Crippen molar-refractivity contribution in [2.24, 2.45) is 0 Å². The molecule has 4 heteroatoms. The Morgan fingerprint density at radius 2 is 1.59 bits per heavy atom. The van der Waals surface area contributed by atoms with E-state index in [4.69, 9.17) is 0 Å². The normalized spacial score (nSPS) is 11.0. The molecule has 2 rings (SSSR count). The van der Waals surface area contributed by atoms with E-state index < -0.39 is 11.8 Å². The van der Waals surface area contributed by atoms with Gasteiger partial charge in [-0.1, -0.05) is 54.6 Å². The van der Waals surface area contributed by atoms with Crippen LogP contribution >= 0.6 is 0 Å².